The Morgan fingerprint density at radius 1 is 0.942 bits per heavy atom. The summed E-state index contributed by atoms with van der Waals surface area (Å²) in [5.74, 6) is 2.02. The maximum absolute atomic E-state index is 13.8. The minimum atomic E-state index is -2.37. The van der Waals surface area contributed by atoms with Crippen LogP contribution in [0.25, 0.3) is 0 Å². The summed E-state index contributed by atoms with van der Waals surface area (Å²) in [6, 6.07) is 0. The van der Waals surface area contributed by atoms with Gasteiger partial charge in [-0.05, 0) is 147 Å². The zero-order valence-electron chi connectivity index (χ0n) is 35.2. The molecule has 4 atom stereocenters. The molecule has 0 aromatic rings. The van der Waals surface area contributed by atoms with Crippen LogP contribution in [0.5, 0.6) is 0 Å². The first-order valence-corrected chi connectivity index (χ1v) is 26.9. The lowest BCUT2D eigenvalue weighted by Gasteiger charge is -2.53. The van der Waals surface area contributed by atoms with Gasteiger partial charge in [-0.3, -0.25) is 0 Å². The second-order valence-electron chi connectivity index (χ2n) is 21.3. The lowest BCUT2D eigenvalue weighted by atomic mass is 9.55. The number of hydrogen-bond acceptors (Lipinski definition) is 5. The van der Waals surface area contributed by atoms with Crippen molar-refractivity contribution < 1.29 is 23.1 Å². The molecule has 0 heterocycles. The Bertz CT molecular complexity index is 1440. The fourth-order valence-electron chi connectivity index (χ4n) is 10.8. The number of carbonyl (C=O) groups excluding carboxylic acids is 1. The molecule has 0 N–H and O–H groups in total. The summed E-state index contributed by atoms with van der Waals surface area (Å²) in [4.78, 5) is 13.8. The van der Waals surface area contributed by atoms with Crippen molar-refractivity contribution in [1.29, 1.82) is 0 Å². The number of hydrogen-bond donors (Lipinski definition) is 0. The highest BCUT2D eigenvalue weighted by Gasteiger charge is 2.53. The third-order valence-corrected chi connectivity index (χ3v) is 24.7. The van der Waals surface area contributed by atoms with Crippen LogP contribution in [0.15, 0.2) is 47.1 Å². The van der Waals surface area contributed by atoms with Crippen LogP contribution >= 0.6 is 0 Å². The number of esters is 1. The van der Waals surface area contributed by atoms with E-state index < -0.39 is 22.4 Å². The van der Waals surface area contributed by atoms with Gasteiger partial charge < -0.3 is 18.3 Å². The molecule has 0 spiro atoms. The highest BCUT2D eigenvalue weighted by molar-refractivity contribution is 6.74. The summed E-state index contributed by atoms with van der Waals surface area (Å²) in [5.41, 5.74) is 5.62. The predicted octanol–water partition coefficient (Wildman–Crippen LogP) is 12.2. The fraction of sp³-hybridized carbons (Fsp3) is 0.800. The van der Waals surface area contributed by atoms with E-state index in [1.54, 1.807) is 11.1 Å². The smallest absolute Gasteiger partial charge is 0.332 e. The average molecular weight is 751 g/mol. The lowest BCUT2D eigenvalue weighted by molar-refractivity contribution is -0.221. The second-order valence-corrected chi connectivity index (χ2v) is 30.8. The Morgan fingerprint density at radius 2 is 1.56 bits per heavy atom. The maximum atomic E-state index is 13.8. The maximum Gasteiger partial charge on any atom is 0.332 e. The van der Waals surface area contributed by atoms with Gasteiger partial charge in [0.15, 0.2) is 22.4 Å². The van der Waals surface area contributed by atoms with E-state index in [1.807, 2.05) is 0 Å². The molecule has 1 unspecified atom stereocenters. The van der Waals surface area contributed by atoms with Crippen molar-refractivity contribution in [2.24, 2.45) is 35.0 Å². The molecule has 0 aromatic heterocycles. The van der Waals surface area contributed by atoms with Gasteiger partial charge in [0.25, 0.3) is 0 Å². The van der Waals surface area contributed by atoms with Gasteiger partial charge in [-0.2, -0.15) is 0 Å². The summed E-state index contributed by atoms with van der Waals surface area (Å²) in [6.45, 7) is 32.4. The molecular weight excluding hydrogens is 677 g/mol. The monoisotopic (exact) mass is 751 g/mol. The molecule has 7 aliphatic rings. The van der Waals surface area contributed by atoms with Crippen molar-refractivity contribution in [3.05, 3.63) is 47.1 Å². The highest BCUT2D eigenvalue weighted by Crippen LogP contribution is 2.57. The fourth-order valence-corrected chi connectivity index (χ4v) is 13.6. The topological polar surface area (TPSA) is 54.0 Å². The number of rotatable bonds is 10. The molecule has 0 amide bonds. The summed E-state index contributed by atoms with van der Waals surface area (Å²) in [7, 11) is -4.58. The third-order valence-electron chi connectivity index (χ3n) is 15.7. The van der Waals surface area contributed by atoms with E-state index in [0.717, 1.165) is 42.2 Å². The van der Waals surface area contributed by atoms with Crippen molar-refractivity contribution in [1.82, 2.24) is 0 Å². The first kappa shape index (κ1) is 40.4. The van der Waals surface area contributed by atoms with Gasteiger partial charge in [0.05, 0.1) is 6.10 Å². The minimum absolute atomic E-state index is 0.0296. The Morgan fingerprint density at radius 3 is 2.13 bits per heavy atom. The Kier molecular flexibility index (Phi) is 11.2. The van der Waals surface area contributed by atoms with Gasteiger partial charge in [-0.25, -0.2) is 4.79 Å². The van der Waals surface area contributed by atoms with E-state index in [1.165, 1.54) is 44.9 Å². The molecule has 52 heavy (non-hydrogen) atoms. The van der Waals surface area contributed by atoms with E-state index in [0.29, 0.717) is 30.6 Å². The molecule has 0 aliphatic heterocycles. The molecule has 0 aromatic carbocycles. The van der Waals surface area contributed by atoms with E-state index in [2.05, 4.69) is 99.8 Å². The first-order chi connectivity index (χ1) is 24.1. The van der Waals surface area contributed by atoms with Crippen molar-refractivity contribution in [2.75, 3.05) is 6.61 Å². The molecule has 0 saturated heterocycles. The second kappa shape index (κ2) is 14.4. The SMILES string of the molecule is C=C1C(=CC=C2CCC[C@]3(C)C(CC)=CC[C@@H]23)C[C@](OCC(=O)OC2C3CC4CC(C3)CC2C4)(O[Si](C)(C)C(C)(C)C)CC1O[Si](C)(C)C(C)(C)C. The van der Waals surface area contributed by atoms with Gasteiger partial charge in [-0.1, -0.05) is 91.3 Å². The van der Waals surface area contributed by atoms with Crippen LogP contribution in [0.3, 0.4) is 0 Å². The van der Waals surface area contributed by atoms with Gasteiger partial charge in [0.1, 0.15) is 12.7 Å². The van der Waals surface area contributed by atoms with Gasteiger partial charge in [0.2, 0.25) is 0 Å². The van der Waals surface area contributed by atoms with Crippen LogP contribution in [0.4, 0.5) is 0 Å². The molecule has 6 fully saturated rings. The molecular formula is C45H74O5Si2. The highest BCUT2D eigenvalue weighted by atomic mass is 28.4. The van der Waals surface area contributed by atoms with E-state index in [-0.39, 0.29) is 40.3 Å². The minimum Gasteiger partial charge on any atom is -0.460 e. The van der Waals surface area contributed by atoms with Crippen LogP contribution in [-0.2, 0) is 23.1 Å². The van der Waals surface area contributed by atoms with Crippen LogP contribution in [-0.4, -0.2) is 47.2 Å². The summed E-state index contributed by atoms with van der Waals surface area (Å²) >= 11 is 0. The van der Waals surface area contributed by atoms with Crippen molar-refractivity contribution in [3.8, 4) is 0 Å². The molecule has 0 radical (unpaired) electrons. The zero-order valence-corrected chi connectivity index (χ0v) is 37.2. The Labute approximate surface area is 320 Å². The average Bonchev–Trinajstić information content (AvgIpc) is 3.37. The Balaban J connectivity index is 1.32. The molecule has 6 saturated carbocycles. The number of fused-ring (bicyclic) bond motifs is 1. The first-order valence-electron chi connectivity index (χ1n) is 21.1. The van der Waals surface area contributed by atoms with Crippen molar-refractivity contribution in [3.63, 3.8) is 0 Å². The molecule has 7 heteroatoms. The van der Waals surface area contributed by atoms with E-state index >= 15 is 0 Å². The Hall–Kier alpha value is -1.26. The number of carbonyl (C=O) groups is 1. The van der Waals surface area contributed by atoms with Gasteiger partial charge in [-0.15, -0.1) is 0 Å². The third kappa shape index (κ3) is 7.88. The molecule has 4 bridgehead atoms. The van der Waals surface area contributed by atoms with Crippen LogP contribution in [0.2, 0.25) is 36.3 Å². The molecule has 7 rings (SSSR count). The number of ether oxygens (including phenoxy) is 2. The normalized spacial score (nSPS) is 38.2. The van der Waals surface area contributed by atoms with Crippen LogP contribution < -0.4 is 0 Å². The van der Waals surface area contributed by atoms with E-state index in [9.17, 15) is 4.79 Å². The molecule has 292 valence electrons. The predicted molar refractivity (Wildman–Crippen MR) is 219 cm³/mol. The van der Waals surface area contributed by atoms with E-state index in [4.69, 9.17) is 24.9 Å². The molecule has 7 aliphatic carbocycles. The van der Waals surface area contributed by atoms with Crippen LogP contribution in [0, 0.1) is 35.0 Å². The quantitative estimate of drug-likeness (QED) is 0.0963. The standard InChI is InChI=1S/C45H74O5Si2/c1-14-37-19-20-38-33(16-15-21-44(37,38)9)17-18-34-27-45(50-52(12,13)43(6,7)8,28-39(30(34)2)49-51(10,11)42(3,4)5)47-29-40(46)48-41-35-23-31-22-32(25-35)26-36(41)24-31/h17-19,31-32,35-36,38-39,41H,2,14-16,20-29H2,1,3-13H3/t31?,32?,35?,36?,38-,39?,41?,44+,45-/m0/s1. The van der Waals surface area contributed by atoms with Gasteiger partial charge in [0, 0.05) is 12.8 Å². The number of allylic oxidation sites excluding steroid dienone is 5. The summed E-state index contributed by atoms with van der Waals surface area (Å²) in [6.07, 6.45) is 20.3. The summed E-state index contributed by atoms with van der Waals surface area (Å²) < 4.78 is 28.0. The summed E-state index contributed by atoms with van der Waals surface area (Å²) in [5, 5.41) is -0.0127. The van der Waals surface area contributed by atoms with Crippen LogP contribution in [0.1, 0.15) is 132 Å². The van der Waals surface area contributed by atoms with Gasteiger partial charge >= 0.3 is 5.97 Å². The zero-order chi connectivity index (χ0) is 38.1. The largest absolute Gasteiger partial charge is 0.460 e. The molecule has 5 nitrogen and oxygen atoms in total. The lowest BCUT2D eigenvalue weighted by Crippen LogP contribution is -2.56. The van der Waals surface area contributed by atoms with Crippen molar-refractivity contribution >= 4 is 22.6 Å². The van der Waals surface area contributed by atoms with Crippen molar-refractivity contribution in [2.45, 2.75) is 187 Å².